The molecule has 12 heteroatoms. The first kappa shape index (κ1) is 20.0. The van der Waals surface area contributed by atoms with Gasteiger partial charge in [-0.2, -0.15) is 5.10 Å². The van der Waals surface area contributed by atoms with Gasteiger partial charge < -0.3 is 9.73 Å². The number of furan rings is 1. The minimum absolute atomic E-state index is 0.00327. The lowest BCUT2D eigenvalue weighted by atomic mass is 10.2. The summed E-state index contributed by atoms with van der Waals surface area (Å²) < 4.78 is 57.4. The predicted molar refractivity (Wildman–Crippen MR) is 91.0 cm³/mol. The number of nitro groups is 1. The van der Waals surface area contributed by atoms with Crippen molar-refractivity contribution in [1.82, 2.24) is 9.78 Å². The van der Waals surface area contributed by atoms with E-state index in [0.717, 1.165) is 0 Å². The van der Waals surface area contributed by atoms with Gasteiger partial charge in [0.15, 0.2) is 5.76 Å². The number of nitrogens with one attached hydrogen (secondary N) is 1. The topological polar surface area (TPSA) is 103 Å². The number of rotatable bonds is 7. The molecule has 1 aromatic carbocycles. The molecule has 3 rings (SSSR count). The van der Waals surface area contributed by atoms with Crippen molar-refractivity contribution < 1.29 is 31.7 Å². The number of nitro benzene ring substituents is 1. The zero-order chi connectivity index (χ0) is 21.1. The Bertz CT molecular complexity index is 1050. The van der Waals surface area contributed by atoms with Gasteiger partial charge in [0.2, 0.25) is 0 Å². The molecule has 8 nitrogen and oxygen atoms in total. The van der Waals surface area contributed by atoms with Gasteiger partial charge in [-0.1, -0.05) is 12.1 Å². The van der Waals surface area contributed by atoms with Crippen molar-refractivity contribution in [2.45, 2.75) is 19.4 Å². The highest BCUT2D eigenvalue weighted by atomic mass is 19.3. The van der Waals surface area contributed by atoms with Crippen LogP contribution < -0.4 is 5.32 Å². The summed E-state index contributed by atoms with van der Waals surface area (Å²) in [5, 5.41) is 16.7. The zero-order valence-corrected chi connectivity index (χ0v) is 14.4. The summed E-state index contributed by atoms with van der Waals surface area (Å²) in [6.45, 7) is -0.412. The molecule has 0 aliphatic rings. The van der Waals surface area contributed by atoms with E-state index in [4.69, 9.17) is 4.42 Å². The number of halogens is 4. The SMILES string of the molecule is O=C(Nc1ccccc1[N+](=O)[O-])c1ccc(Cn2nc(C(F)F)cc2C(F)F)o1. The van der Waals surface area contributed by atoms with E-state index in [0.29, 0.717) is 10.7 Å². The Balaban J connectivity index is 1.78. The Morgan fingerprint density at radius 2 is 1.90 bits per heavy atom. The van der Waals surface area contributed by atoms with Crippen LogP contribution in [-0.4, -0.2) is 20.6 Å². The summed E-state index contributed by atoms with van der Waals surface area (Å²) in [4.78, 5) is 22.6. The van der Waals surface area contributed by atoms with E-state index in [-0.39, 0.29) is 22.9 Å². The Labute approximate surface area is 159 Å². The van der Waals surface area contributed by atoms with Gasteiger partial charge in [0, 0.05) is 6.07 Å². The maximum atomic E-state index is 13.0. The number of benzene rings is 1. The van der Waals surface area contributed by atoms with Gasteiger partial charge in [0.1, 0.15) is 22.8 Å². The minimum Gasteiger partial charge on any atom is -0.454 e. The Morgan fingerprint density at radius 1 is 1.17 bits per heavy atom. The molecule has 0 spiro atoms. The monoisotopic (exact) mass is 412 g/mol. The second-order valence-corrected chi connectivity index (χ2v) is 5.75. The van der Waals surface area contributed by atoms with E-state index in [2.05, 4.69) is 10.4 Å². The van der Waals surface area contributed by atoms with Crippen LogP contribution in [0, 0.1) is 10.1 Å². The highest BCUT2D eigenvalue weighted by molar-refractivity contribution is 6.03. The van der Waals surface area contributed by atoms with Crippen LogP contribution in [0.4, 0.5) is 28.9 Å². The number of amides is 1. The van der Waals surface area contributed by atoms with Crippen LogP contribution >= 0.6 is 0 Å². The summed E-state index contributed by atoms with van der Waals surface area (Å²) >= 11 is 0. The molecule has 0 fully saturated rings. The Kier molecular flexibility index (Phi) is 5.61. The first-order valence-corrected chi connectivity index (χ1v) is 8.03. The number of anilines is 1. The van der Waals surface area contributed by atoms with E-state index >= 15 is 0 Å². The number of hydrogen-bond donors (Lipinski definition) is 1. The van der Waals surface area contributed by atoms with Crippen molar-refractivity contribution in [2.75, 3.05) is 5.32 Å². The third kappa shape index (κ3) is 4.42. The number of aromatic nitrogens is 2. The van der Waals surface area contributed by atoms with Crippen molar-refractivity contribution >= 4 is 17.3 Å². The van der Waals surface area contributed by atoms with Gasteiger partial charge in [0.25, 0.3) is 24.4 Å². The molecular formula is C17H12F4N4O4. The molecule has 1 amide bonds. The predicted octanol–water partition coefficient (Wildman–Crippen LogP) is 4.56. The molecule has 2 aromatic heterocycles. The molecule has 0 aliphatic carbocycles. The normalized spacial score (nSPS) is 11.2. The summed E-state index contributed by atoms with van der Waals surface area (Å²) in [7, 11) is 0. The quantitative estimate of drug-likeness (QED) is 0.348. The highest BCUT2D eigenvalue weighted by Crippen LogP contribution is 2.27. The number of alkyl halides is 4. The number of para-hydroxylation sites is 2. The Morgan fingerprint density at radius 3 is 2.55 bits per heavy atom. The molecule has 0 atom stereocenters. The van der Waals surface area contributed by atoms with E-state index in [1.54, 1.807) is 0 Å². The number of nitrogens with zero attached hydrogens (tertiary/aromatic N) is 3. The fourth-order valence-electron chi connectivity index (χ4n) is 2.52. The van der Waals surface area contributed by atoms with Crippen LogP contribution in [0.15, 0.2) is 46.9 Å². The molecule has 0 bridgehead atoms. The number of carbonyl (C=O) groups excluding carboxylic acids is 1. The summed E-state index contributed by atoms with van der Waals surface area (Å²) in [5.74, 6) is -1.06. The average molecular weight is 412 g/mol. The standard InChI is InChI=1S/C17H12F4N4O4/c18-15(19)11-7-13(16(20)21)24(23-11)8-9-5-6-14(29-9)17(26)22-10-3-1-2-4-12(10)25(27)28/h1-7,15-16H,8H2,(H,22,26). The molecule has 152 valence electrons. The van der Waals surface area contributed by atoms with Crippen LogP contribution in [0.25, 0.3) is 0 Å². The minimum atomic E-state index is -3.04. The second-order valence-electron chi connectivity index (χ2n) is 5.75. The Hall–Kier alpha value is -3.70. The number of hydrogen-bond acceptors (Lipinski definition) is 5. The molecule has 0 radical (unpaired) electrons. The van der Waals surface area contributed by atoms with Crippen molar-refractivity contribution in [3.8, 4) is 0 Å². The van der Waals surface area contributed by atoms with E-state index in [1.807, 2.05) is 0 Å². The summed E-state index contributed by atoms with van der Waals surface area (Å²) in [6.07, 6.45) is -6.06. The fraction of sp³-hybridized carbons (Fsp3) is 0.176. The molecule has 2 heterocycles. The van der Waals surface area contributed by atoms with Gasteiger partial charge in [-0.3, -0.25) is 19.6 Å². The maximum absolute atomic E-state index is 13.0. The van der Waals surface area contributed by atoms with Crippen molar-refractivity contribution in [3.63, 3.8) is 0 Å². The lowest BCUT2D eigenvalue weighted by Crippen LogP contribution is -2.12. The van der Waals surface area contributed by atoms with Crippen LogP contribution in [0.1, 0.15) is 40.6 Å². The van der Waals surface area contributed by atoms with Gasteiger partial charge in [-0.25, -0.2) is 17.6 Å². The molecule has 0 unspecified atom stereocenters. The summed E-state index contributed by atoms with van der Waals surface area (Å²) in [5.41, 5.74) is -1.91. The van der Waals surface area contributed by atoms with Gasteiger partial charge >= 0.3 is 0 Å². The third-order valence-corrected chi connectivity index (χ3v) is 3.82. The van der Waals surface area contributed by atoms with Crippen LogP contribution in [-0.2, 0) is 6.54 Å². The van der Waals surface area contributed by atoms with E-state index in [1.165, 1.54) is 36.4 Å². The third-order valence-electron chi connectivity index (χ3n) is 3.82. The smallest absolute Gasteiger partial charge is 0.292 e. The lowest BCUT2D eigenvalue weighted by Gasteiger charge is -2.05. The van der Waals surface area contributed by atoms with Gasteiger partial charge in [-0.15, -0.1) is 0 Å². The highest BCUT2D eigenvalue weighted by Gasteiger charge is 2.23. The molecular weight excluding hydrogens is 400 g/mol. The molecule has 0 aliphatic heterocycles. The molecule has 3 aromatic rings. The maximum Gasteiger partial charge on any atom is 0.292 e. The average Bonchev–Trinajstić information content (AvgIpc) is 3.29. The number of carbonyl (C=O) groups is 1. The van der Waals surface area contributed by atoms with E-state index < -0.39 is 41.6 Å². The second kappa shape index (κ2) is 8.12. The molecule has 1 N–H and O–H groups in total. The van der Waals surface area contributed by atoms with Crippen molar-refractivity contribution in [1.29, 1.82) is 0 Å². The molecule has 29 heavy (non-hydrogen) atoms. The van der Waals surface area contributed by atoms with Gasteiger partial charge in [0.05, 0.1) is 11.5 Å². The lowest BCUT2D eigenvalue weighted by molar-refractivity contribution is -0.383. The van der Waals surface area contributed by atoms with Crippen LogP contribution in [0.3, 0.4) is 0 Å². The molecule has 0 saturated heterocycles. The van der Waals surface area contributed by atoms with Crippen molar-refractivity contribution in [2.24, 2.45) is 0 Å². The molecule has 0 saturated carbocycles. The van der Waals surface area contributed by atoms with Gasteiger partial charge in [-0.05, 0) is 24.3 Å². The fourth-order valence-corrected chi connectivity index (χ4v) is 2.52. The summed E-state index contributed by atoms with van der Waals surface area (Å²) in [6, 6.07) is 8.54. The largest absolute Gasteiger partial charge is 0.454 e. The first-order chi connectivity index (χ1) is 13.8. The first-order valence-electron chi connectivity index (χ1n) is 8.03. The van der Waals surface area contributed by atoms with Crippen LogP contribution in [0.2, 0.25) is 0 Å². The van der Waals surface area contributed by atoms with Crippen molar-refractivity contribution in [3.05, 3.63) is 75.5 Å². The van der Waals surface area contributed by atoms with Crippen LogP contribution in [0.5, 0.6) is 0 Å². The van der Waals surface area contributed by atoms with E-state index in [9.17, 15) is 32.5 Å². The zero-order valence-electron chi connectivity index (χ0n) is 14.4.